The molecule has 5 nitrogen and oxygen atoms in total. The lowest BCUT2D eigenvalue weighted by Gasteiger charge is -2.20. The molecule has 1 unspecified atom stereocenters. The van der Waals surface area contributed by atoms with Crippen LogP contribution < -0.4 is 4.72 Å². The van der Waals surface area contributed by atoms with Crippen LogP contribution in [0.2, 0.25) is 0 Å². The van der Waals surface area contributed by atoms with Gasteiger partial charge in [-0.15, -0.1) is 0 Å². The summed E-state index contributed by atoms with van der Waals surface area (Å²) >= 11 is 0. The van der Waals surface area contributed by atoms with Crippen molar-refractivity contribution in [3.63, 3.8) is 0 Å². The van der Waals surface area contributed by atoms with Crippen LogP contribution in [0.5, 0.6) is 0 Å². The second-order valence-electron chi connectivity index (χ2n) is 2.06. The molecular weight excluding hydrogens is 158 g/mol. The van der Waals surface area contributed by atoms with Gasteiger partial charge in [-0.2, -0.15) is 13.1 Å². The number of aliphatic hydroxyl groups is 1. The van der Waals surface area contributed by atoms with Crippen molar-refractivity contribution in [1.29, 1.82) is 0 Å². The first-order chi connectivity index (χ1) is 4.64. The van der Waals surface area contributed by atoms with E-state index in [1.54, 1.807) is 0 Å². The fourth-order valence-corrected chi connectivity index (χ4v) is 1.71. The van der Waals surface area contributed by atoms with Gasteiger partial charge in [-0.05, 0) is 6.42 Å². The van der Waals surface area contributed by atoms with Crippen LogP contribution in [0, 0.1) is 0 Å². The highest BCUT2D eigenvalue weighted by Gasteiger charge is 2.22. The molecule has 6 heteroatoms. The van der Waals surface area contributed by atoms with Gasteiger partial charge >= 0.3 is 10.3 Å². The van der Waals surface area contributed by atoms with Crippen LogP contribution in [-0.4, -0.2) is 32.8 Å². The molecule has 0 bridgehead atoms. The quantitative estimate of drug-likeness (QED) is 0.503. The highest BCUT2D eigenvalue weighted by atomic mass is 32.2. The van der Waals surface area contributed by atoms with Crippen molar-refractivity contribution in [2.24, 2.45) is 0 Å². The molecule has 0 aliphatic carbocycles. The Kier molecular flexibility index (Phi) is 2.24. The fraction of sp³-hybridized carbons (Fsp3) is 1.00. The van der Waals surface area contributed by atoms with E-state index in [0.29, 0.717) is 6.42 Å². The minimum absolute atomic E-state index is 0.153. The topological polar surface area (TPSA) is 75.6 Å². The third kappa shape index (κ3) is 1.91. The SMILES string of the molecule is O=S1(=O)NC(CO)CCO1. The Morgan fingerprint density at radius 3 is 2.80 bits per heavy atom. The third-order valence-electron chi connectivity index (χ3n) is 1.24. The predicted octanol–water partition coefficient (Wildman–Crippen LogP) is -1.40. The molecule has 0 saturated carbocycles. The Labute approximate surface area is 59.3 Å². The lowest BCUT2D eigenvalue weighted by Crippen LogP contribution is -2.43. The molecule has 1 aliphatic heterocycles. The van der Waals surface area contributed by atoms with E-state index in [1.807, 2.05) is 0 Å². The van der Waals surface area contributed by atoms with Crippen LogP contribution in [-0.2, 0) is 14.5 Å². The third-order valence-corrected chi connectivity index (χ3v) is 2.34. The van der Waals surface area contributed by atoms with Gasteiger partial charge in [0.05, 0.1) is 13.2 Å². The van der Waals surface area contributed by atoms with Crippen LogP contribution in [0.4, 0.5) is 0 Å². The molecule has 0 aromatic rings. The zero-order valence-corrected chi connectivity index (χ0v) is 6.10. The lowest BCUT2D eigenvalue weighted by atomic mass is 10.2. The second-order valence-corrected chi connectivity index (χ2v) is 3.44. The van der Waals surface area contributed by atoms with Crippen LogP contribution in [0.25, 0.3) is 0 Å². The van der Waals surface area contributed by atoms with E-state index >= 15 is 0 Å². The molecule has 2 N–H and O–H groups in total. The van der Waals surface area contributed by atoms with Crippen molar-refractivity contribution in [1.82, 2.24) is 4.72 Å². The van der Waals surface area contributed by atoms with Crippen molar-refractivity contribution >= 4 is 10.3 Å². The van der Waals surface area contributed by atoms with Crippen molar-refractivity contribution in [2.75, 3.05) is 13.2 Å². The minimum atomic E-state index is -3.55. The van der Waals surface area contributed by atoms with Gasteiger partial charge < -0.3 is 5.11 Å². The minimum Gasteiger partial charge on any atom is -0.395 e. The van der Waals surface area contributed by atoms with E-state index in [4.69, 9.17) is 5.11 Å². The average Bonchev–Trinajstić information content (AvgIpc) is 1.86. The molecule has 1 heterocycles. The Bertz CT molecular complexity index is 199. The van der Waals surface area contributed by atoms with Gasteiger partial charge in [0.25, 0.3) is 0 Å². The molecule has 1 saturated heterocycles. The molecule has 0 aromatic carbocycles. The molecule has 0 aromatic heterocycles. The van der Waals surface area contributed by atoms with Crippen LogP contribution in [0.3, 0.4) is 0 Å². The molecule has 60 valence electrons. The van der Waals surface area contributed by atoms with Gasteiger partial charge in [0.1, 0.15) is 0 Å². The number of rotatable bonds is 1. The van der Waals surface area contributed by atoms with Gasteiger partial charge in [-0.1, -0.05) is 0 Å². The van der Waals surface area contributed by atoms with E-state index in [9.17, 15) is 8.42 Å². The molecule has 0 amide bonds. The van der Waals surface area contributed by atoms with Gasteiger partial charge in [0.2, 0.25) is 0 Å². The molecule has 0 radical (unpaired) electrons. The van der Waals surface area contributed by atoms with Crippen LogP contribution in [0.15, 0.2) is 0 Å². The standard InChI is InChI=1S/C4H9NO4S/c6-3-4-1-2-9-10(7,8)5-4/h4-6H,1-3H2. The summed E-state index contributed by atoms with van der Waals surface area (Å²) in [5.74, 6) is 0. The highest BCUT2D eigenvalue weighted by Crippen LogP contribution is 2.04. The first-order valence-electron chi connectivity index (χ1n) is 2.91. The van der Waals surface area contributed by atoms with E-state index in [2.05, 4.69) is 8.91 Å². The number of hydrogen-bond donors (Lipinski definition) is 2. The van der Waals surface area contributed by atoms with Crippen LogP contribution >= 0.6 is 0 Å². The van der Waals surface area contributed by atoms with Crippen LogP contribution in [0.1, 0.15) is 6.42 Å². The summed E-state index contributed by atoms with van der Waals surface area (Å²) < 4.78 is 27.6. The molecular formula is C4H9NO4S. The molecule has 1 rings (SSSR count). The second kappa shape index (κ2) is 2.83. The first kappa shape index (κ1) is 7.93. The summed E-state index contributed by atoms with van der Waals surface area (Å²) in [6, 6.07) is -0.376. The summed E-state index contributed by atoms with van der Waals surface area (Å²) in [5, 5.41) is 8.54. The monoisotopic (exact) mass is 167 g/mol. The van der Waals surface area contributed by atoms with Gasteiger partial charge in [0, 0.05) is 6.04 Å². The van der Waals surface area contributed by atoms with Gasteiger partial charge in [-0.25, -0.2) is 0 Å². The Balaban J connectivity index is 2.56. The Morgan fingerprint density at radius 1 is 1.70 bits per heavy atom. The normalized spacial score (nSPS) is 31.9. The van der Waals surface area contributed by atoms with E-state index in [-0.39, 0.29) is 19.3 Å². The summed E-state index contributed by atoms with van der Waals surface area (Å²) in [4.78, 5) is 0. The Morgan fingerprint density at radius 2 is 2.40 bits per heavy atom. The van der Waals surface area contributed by atoms with E-state index < -0.39 is 10.3 Å². The maximum atomic E-state index is 10.6. The molecule has 1 aliphatic rings. The maximum Gasteiger partial charge on any atom is 0.336 e. The fourth-order valence-electron chi connectivity index (χ4n) is 0.726. The highest BCUT2D eigenvalue weighted by molar-refractivity contribution is 7.84. The molecule has 10 heavy (non-hydrogen) atoms. The largest absolute Gasteiger partial charge is 0.395 e. The average molecular weight is 167 g/mol. The van der Waals surface area contributed by atoms with E-state index in [0.717, 1.165) is 0 Å². The summed E-state index contributed by atoms with van der Waals surface area (Å²) in [6.45, 7) is -0.0247. The number of nitrogens with one attached hydrogen (secondary N) is 1. The predicted molar refractivity (Wildman–Crippen MR) is 33.5 cm³/mol. The van der Waals surface area contributed by atoms with Gasteiger partial charge in [0.15, 0.2) is 0 Å². The molecule has 0 spiro atoms. The van der Waals surface area contributed by atoms with Gasteiger partial charge in [-0.3, -0.25) is 4.18 Å². The number of aliphatic hydroxyl groups excluding tert-OH is 1. The zero-order valence-electron chi connectivity index (χ0n) is 5.28. The molecule has 1 atom stereocenters. The summed E-state index contributed by atoms with van der Waals surface area (Å²) in [6.07, 6.45) is 0.524. The Hall–Kier alpha value is -0.170. The molecule has 1 fully saturated rings. The van der Waals surface area contributed by atoms with Crippen molar-refractivity contribution in [3.05, 3.63) is 0 Å². The van der Waals surface area contributed by atoms with Crippen molar-refractivity contribution in [2.45, 2.75) is 12.5 Å². The summed E-state index contributed by atoms with van der Waals surface area (Å²) in [5.41, 5.74) is 0. The van der Waals surface area contributed by atoms with E-state index in [1.165, 1.54) is 0 Å². The summed E-state index contributed by atoms with van der Waals surface area (Å²) in [7, 11) is -3.55. The van der Waals surface area contributed by atoms with Crippen molar-refractivity contribution in [3.8, 4) is 0 Å². The zero-order chi connectivity index (χ0) is 7.61. The first-order valence-corrected chi connectivity index (χ1v) is 4.32. The lowest BCUT2D eigenvalue weighted by molar-refractivity contribution is 0.195. The maximum absolute atomic E-state index is 10.6. The number of hydrogen-bond acceptors (Lipinski definition) is 4. The smallest absolute Gasteiger partial charge is 0.336 e. The van der Waals surface area contributed by atoms with Crippen molar-refractivity contribution < 1.29 is 17.7 Å².